The smallest absolute Gasteiger partial charge is 0.270 e. The van der Waals surface area contributed by atoms with Crippen LogP contribution in [0.15, 0.2) is 30.6 Å². The number of imidazole rings is 1. The summed E-state index contributed by atoms with van der Waals surface area (Å²) < 4.78 is 3.51. The summed E-state index contributed by atoms with van der Waals surface area (Å²) >= 11 is 0. The molecule has 3 aromatic heterocycles. The molecule has 9 heteroatoms. The van der Waals surface area contributed by atoms with Crippen LogP contribution >= 0.6 is 0 Å². The molecule has 0 bridgehead atoms. The second kappa shape index (κ2) is 9.79. The molecule has 3 aromatic rings. The van der Waals surface area contributed by atoms with Crippen LogP contribution in [0.25, 0.3) is 5.65 Å². The second-order valence-corrected chi connectivity index (χ2v) is 10.3. The Morgan fingerprint density at radius 2 is 2.00 bits per heavy atom. The molecule has 1 unspecified atom stereocenters. The number of hydrogen-bond acceptors (Lipinski definition) is 5. The zero-order valence-electron chi connectivity index (χ0n) is 20.8. The van der Waals surface area contributed by atoms with Crippen molar-refractivity contribution < 1.29 is 9.59 Å². The van der Waals surface area contributed by atoms with E-state index in [2.05, 4.69) is 22.7 Å². The molecule has 2 fully saturated rings. The summed E-state index contributed by atoms with van der Waals surface area (Å²) in [6.07, 6.45) is 9.47. The number of carbonyl (C=O) groups excluding carboxylic acids is 2. The third-order valence-corrected chi connectivity index (χ3v) is 7.63. The van der Waals surface area contributed by atoms with E-state index in [-0.39, 0.29) is 29.8 Å². The van der Waals surface area contributed by atoms with Crippen LogP contribution in [-0.4, -0.2) is 42.2 Å². The number of rotatable bonds is 7. The molecule has 2 N–H and O–H groups in total. The molecule has 3 atom stereocenters. The topological polar surface area (TPSA) is 106 Å². The van der Waals surface area contributed by atoms with Gasteiger partial charge in [-0.25, -0.2) is 9.50 Å². The molecule has 0 spiro atoms. The maximum absolute atomic E-state index is 13.2. The number of carbonyl (C=O) groups is 2. The fourth-order valence-electron chi connectivity index (χ4n) is 5.63. The Balaban J connectivity index is 1.41. The van der Waals surface area contributed by atoms with Crippen LogP contribution in [0.5, 0.6) is 0 Å². The average molecular weight is 478 g/mol. The van der Waals surface area contributed by atoms with Crippen LogP contribution in [0.2, 0.25) is 0 Å². The molecule has 1 aliphatic heterocycles. The first-order chi connectivity index (χ1) is 16.9. The SMILES string of the molecule is CCn1nccc1C(=O)N[C@H](c1cn2nc(CC3C[C@@H](C)NC3=O)ccc2n1)C1CCC(C)CC1. The lowest BCUT2D eigenvalue weighted by molar-refractivity contribution is -0.122. The van der Waals surface area contributed by atoms with Gasteiger partial charge in [-0.3, -0.25) is 14.3 Å². The van der Waals surface area contributed by atoms with Crippen LogP contribution in [0.3, 0.4) is 0 Å². The van der Waals surface area contributed by atoms with Crippen LogP contribution in [0.4, 0.5) is 0 Å². The molecule has 35 heavy (non-hydrogen) atoms. The predicted molar refractivity (Wildman–Crippen MR) is 132 cm³/mol. The van der Waals surface area contributed by atoms with Crippen molar-refractivity contribution in [2.75, 3.05) is 0 Å². The molecule has 0 aromatic carbocycles. The maximum Gasteiger partial charge on any atom is 0.270 e. The third-order valence-electron chi connectivity index (χ3n) is 7.63. The van der Waals surface area contributed by atoms with Gasteiger partial charge in [-0.15, -0.1) is 0 Å². The minimum absolute atomic E-state index is 0.0439. The number of hydrogen-bond donors (Lipinski definition) is 2. The van der Waals surface area contributed by atoms with Crippen molar-refractivity contribution in [3.8, 4) is 0 Å². The number of amides is 2. The van der Waals surface area contributed by atoms with Gasteiger partial charge in [0.25, 0.3) is 5.91 Å². The Morgan fingerprint density at radius 1 is 1.20 bits per heavy atom. The van der Waals surface area contributed by atoms with E-state index in [4.69, 9.17) is 10.1 Å². The van der Waals surface area contributed by atoms with Crippen LogP contribution in [0.1, 0.15) is 80.8 Å². The minimum Gasteiger partial charge on any atom is -0.353 e. The van der Waals surface area contributed by atoms with Crippen molar-refractivity contribution in [3.63, 3.8) is 0 Å². The largest absolute Gasteiger partial charge is 0.353 e. The van der Waals surface area contributed by atoms with E-state index in [1.54, 1.807) is 21.5 Å². The van der Waals surface area contributed by atoms with E-state index in [0.29, 0.717) is 30.5 Å². The molecule has 186 valence electrons. The highest BCUT2D eigenvalue weighted by molar-refractivity contribution is 5.92. The van der Waals surface area contributed by atoms with Crippen molar-refractivity contribution >= 4 is 17.5 Å². The van der Waals surface area contributed by atoms with Crippen molar-refractivity contribution in [3.05, 3.63) is 47.7 Å². The van der Waals surface area contributed by atoms with Gasteiger partial charge in [0.15, 0.2) is 5.65 Å². The lowest BCUT2D eigenvalue weighted by atomic mass is 9.78. The average Bonchev–Trinajstić information content (AvgIpc) is 3.56. The first-order valence-corrected chi connectivity index (χ1v) is 12.9. The highest BCUT2D eigenvalue weighted by atomic mass is 16.2. The first-order valence-electron chi connectivity index (χ1n) is 12.9. The monoisotopic (exact) mass is 477 g/mol. The maximum atomic E-state index is 13.2. The summed E-state index contributed by atoms with van der Waals surface area (Å²) in [4.78, 5) is 30.3. The van der Waals surface area contributed by atoms with Gasteiger partial charge in [-0.1, -0.05) is 19.8 Å². The highest BCUT2D eigenvalue weighted by Gasteiger charge is 2.32. The second-order valence-electron chi connectivity index (χ2n) is 10.3. The fraction of sp³-hybridized carbons (Fsp3) is 0.577. The lowest BCUT2D eigenvalue weighted by Gasteiger charge is -2.32. The third kappa shape index (κ3) is 4.94. The van der Waals surface area contributed by atoms with E-state index in [9.17, 15) is 9.59 Å². The molecule has 0 radical (unpaired) electrons. The normalized spacial score (nSPS) is 25.5. The van der Waals surface area contributed by atoms with Gasteiger partial charge in [-0.2, -0.15) is 10.2 Å². The molecular weight excluding hydrogens is 442 g/mol. The van der Waals surface area contributed by atoms with Crippen molar-refractivity contribution in [2.45, 2.75) is 77.9 Å². The van der Waals surface area contributed by atoms with E-state index in [1.165, 1.54) is 0 Å². The van der Waals surface area contributed by atoms with Gasteiger partial charge in [0.1, 0.15) is 5.69 Å². The predicted octanol–water partition coefficient (Wildman–Crippen LogP) is 3.31. The van der Waals surface area contributed by atoms with Gasteiger partial charge in [-0.05, 0) is 63.1 Å². The number of fused-ring (bicyclic) bond motifs is 1. The van der Waals surface area contributed by atoms with Gasteiger partial charge in [0.05, 0.1) is 23.6 Å². The Morgan fingerprint density at radius 3 is 2.71 bits per heavy atom. The zero-order valence-corrected chi connectivity index (χ0v) is 20.8. The van der Waals surface area contributed by atoms with Gasteiger partial charge in [0, 0.05) is 31.1 Å². The standard InChI is InChI=1S/C26H35N7O2/c1-4-32-22(11-12-27-32)26(35)30-24(18-7-5-16(2)6-8-18)21-15-33-23(29-21)10-9-20(31-33)14-19-13-17(3)28-25(19)34/h9-12,15-19,24H,4-8,13-14H2,1-3H3,(H,28,34)(H,30,35)/t16?,17-,18?,19?,24+/m1/s1. The number of aryl methyl sites for hydroxylation is 1. The first kappa shape index (κ1) is 23.5. The summed E-state index contributed by atoms with van der Waals surface area (Å²) in [6, 6.07) is 5.69. The summed E-state index contributed by atoms with van der Waals surface area (Å²) in [5.41, 5.74) is 3.01. The van der Waals surface area contributed by atoms with Gasteiger partial charge in [0.2, 0.25) is 5.91 Å². The molecule has 1 saturated heterocycles. The van der Waals surface area contributed by atoms with Gasteiger partial charge >= 0.3 is 0 Å². The summed E-state index contributed by atoms with van der Waals surface area (Å²) in [6.45, 7) is 6.95. The van der Waals surface area contributed by atoms with Crippen molar-refractivity contribution in [1.29, 1.82) is 0 Å². The minimum atomic E-state index is -0.193. The number of nitrogens with one attached hydrogen (secondary N) is 2. The molecule has 1 saturated carbocycles. The van der Waals surface area contributed by atoms with E-state index >= 15 is 0 Å². The molecule has 2 amide bonds. The Labute approximate surface area is 205 Å². The summed E-state index contributed by atoms with van der Waals surface area (Å²) in [7, 11) is 0. The molecule has 4 heterocycles. The quantitative estimate of drug-likeness (QED) is 0.543. The lowest BCUT2D eigenvalue weighted by Crippen LogP contribution is -2.36. The van der Waals surface area contributed by atoms with E-state index < -0.39 is 0 Å². The Hall–Kier alpha value is -3.23. The fourth-order valence-corrected chi connectivity index (χ4v) is 5.63. The van der Waals surface area contributed by atoms with E-state index in [1.807, 2.05) is 32.2 Å². The summed E-state index contributed by atoms with van der Waals surface area (Å²) in [5.74, 6) is 0.968. The molecular formula is C26H35N7O2. The zero-order chi connectivity index (χ0) is 24.5. The van der Waals surface area contributed by atoms with Crippen LogP contribution in [-0.2, 0) is 17.8 Å². The number of nitrogens with zero attached hydrogens (tertiary/aromatic N) is 5. The number of aromatic nitrogens is 5. The van der Waals surface area contributed by atoms with E-state index in [0.717, 1.165) is 49.1 Å². The van der Waals surface area contributed by atoms with Crippen LogP contribution in [0, 0.1) is 17.8 Å². The highest BCUT2D eigenvalue weighted by Crippen LogP contribution is 2.36. The van der Waals surface area contributed by atoms with Gasteiger partial charge < -0.3 is 10.6 Å². The summed E-state index contributed by atoms with van der Waals surface area (Å²) in [5, 5.41) is 15.3. The molecule has 5 rings (SSSR count). The Kier molecular flexibility index (Phi) is 6.58. The van der Waals surface area contributed by atoms with Crippen molar-refractivity contribution in [2.24, 2.45) is 17.8 Å². The molecule has 9 nitrogen and oxygen atoms in total. The Bertz CT molecular complexity index is 1210. The van der Waals surface area contributed by atoms with Crippen molar-refractivity contribution in [1.82, 2.24) is 35.0 Å². The van der Waals surface area contributed by atoms with Crippen LogP contribution < -0.4 is 10.6 Å². The molecule has 2 aliphatic rings. The molecule has 1 aliphatic carbocycles.